The lowest BCUT2D eigenvalue weighted by atomic mass is 10.2. The third kappa shape index (κ3) is 4.66. The van der Waals surface area contributed by atoms with Gasteiger partial charge in [0.25, 0.3) is 11.8 Å². The lowest BCUT2D eigenvalue weighted by Crippen LogP contribution is -2.46. The van der Waals surface area contributed by atoms with Crippen LogP contribution in [0.1, 0.15) is 28.1 Å². The minimum absolute atomic E-state index is 0.0622. The lowest BCUT2D eigenvalue weighted by Gasteiger charge is -2.18. The summed E-state index contributed by atoms with van der Waals surface area (Å²) in [6.07, 6.45) is 3.68. The van der Waals surface area contributed by atoms with Crippen LogP contribution in [0.15, 0.2) is 18.3 Å². The van der Waals surface area contributed by atoms with Crippen LogP contribution in [-0.2, 0) is 14.3 Å². The average molecular weight is 404 g/mol. The van der Waals surface area contributed by atoms with Gasteiger partial charge in [0.05, 0.1) is 15.1 Å². The van der Waals surface area contributed by atoms with Gasteiger partial charge in [-0.1, -0.05) is 0 Å². The van der Waals surface area contributed by atoms with Crippen molar-refractivity contribution < 1.29 is 19.1 Å². The zero-order chi connectivity index (χ0) is 20.1. The van der Waals surface area contributed by atoms with Crippen molar-refractivity contribution in [2.75, 3.05) is 33.3 Å². The summed E-state index contributed by atoms with van der Waals surface area (Å²) in [6.45, 7) is 3.19. The van der Waals surface area contributed by atoms with E-state index in [4.69, 9.17) is 4.74 Å². The molecule has 1 saturated heterocycles. The van der Waals surface area contributed by atoms with Crippen molar-refractivity contribution >= 4 is 39.3 Å². The van der Waals surface area contributed by atoms with Crippen LogP contribution in [0.25, 0.3) is 10.2 Å². The molecule has 1 aliphatic rings. The monoisotopic (exact) mass is 404 g/mol. The number of aromatic nitrogens is 1. The topological polar surface area (TPSA) is 101 Å². The van der Waals surface area contributed by atoms with Gasteiger partial charge in [0.15, 0.2) is 6.61 Å². The molecule has 9 heteroatoms. The molecule has 3 heterocycles. The van der Waals surface area contributed by atoms with E-state index in [0.29, 0.717) is 18.0 Å². The molecule has 1 aliphatic heterocycles. The molecular formula is C19H24N4O4S. The quantitative estimate of drug-likeness (QED) is 0.670. The number of nitrogens with one attached hydrogen (secondary N) is 2. The number of ether oxygens (including phenoxy) is 1. The Labute approximate surface area is 167 Å². The van der Waals surface area contributed by atoms with Gasteiger partial charge in [-0.2, -0.15) is 0 Å². The van der Waals surface area contributed by atoms with E-state index in [9.17, 15) is 14.4 Å². The Morgan fingerprint density at radius 1 is 1.32 bits per heavy atom. The second kappa shape index (κ2) is 9.11. The van der Waals surface area contributed by atoms with Gasteiger partial charge < -0.3 is 20.3 Å². The van der Waals surface area contributed by atoms with Crippen LogP contribution in [0.5, 0.6) is 0 Å². The molecule has 2 aromatic rings. The first kappa shape index (κ1) is 20.2. The summed E-state index contributed by atoms with van der Waals surface area (Å²) >= 11 is 1.37. The van der Waals surface area contributed by atoms with Gasteiger partial charge in [-0.3, -0.25) is 19.4 Å². The first-order valence-electron chi connectivity index (χ1n) is 9.24. The first-order valence-corrected chi connectivity index (χ1v) is 10.1. The molecule has 2 amide bonds. The molecule has 8 nitrogen and oxygen atoms in total. The average Bonchev–Trinajstić information content (AvgIpc) is 3.37. The minimum atomic E-state index is -0.732. The van der Waals surface area contributed by atoms with Gasteiger partial charge >= 0.3 is 5.97 Å². The number of nitrogens with zero attached hydrogens (tertiary/aromatic N) is 2. The molecule has 3 rings (SSSR count). The summed E-state index contributed by atoms with van der Waals surface area (Å²) in [5.41, 5.74) is 1.84. The van der Waals surface area contributed by atoms with E-state index in [1.807, 2.05) is 13.0 Å². The highest BCUT2D eigenvalue weighted by Gasteiger charge is 2.23. The maximum absolute atomic E-state index is 12.4. The van der Waals surface area contributed by atoms with E-state index in [0.717, 1.165) is 28.6 Å². The molecule has 150 valence electrons. The molecule has 0 aromatic carbocycles. The summed E-state index contributed by atoms with van der Waals surface area (Å²) in [6, 6.07) is 2.91. The lowest BCUT2D eigenvalue weighted by molar-refractivity contribution is -0.153. The Kier molecular flexibility index (Phi) is 6.58. The van der Waals surface area contributed by atoms with Crippen LogP contribution in [0.2, 0.25) is 0 Å². The molecule has 0 radical (unpaired) electrons. The van der Waals surface area contributed by atoms with Crippen LogP contribution >= 0.6 is 11.3 Å². The fourth-order valence-electron chi connectivity index (χ4n) is 3.05. The normalized spacial score (nSPS) is 14.9. The number of likely N-dealkylation sites (N-methyl/N-ethyl adjacent to an activating group) is 1. The van der Waals surface area contributed by atoms with Gasteiger partial charge in [0.1, 0.15) is 6.04 Å². The van der Waals surface area contributed by atoms with Crippen molar-refractivity contribution in [2.24, 2.45) is 0 Å². The maximum Gasteiger partial charge on any atom is 0.325 e. The Balaban J connectivity index is 1.51. The van der Waals surface area contributed by atoms with Crippen LogP contribution in [0.4, 0.5) is 0 Å². The van der Waals surface area contributed by atoms with E-state index in [1.54, 1.807) is 24.2 Å². The molecular weight excluding hydrogens is 380 g/mol. The van der Waals surface area contributed by atoms with Gasteiger partial charge in [-0.05, 0) is 44.5 Å². The van der Waals surface area contributed by atoms with Crippen molar-refractivity contribution in [3.05, 3.63) is 28.8 Å². The van der Waals surface area contributed by atoms with E-state index < -0.39 is 12.0 Å². The van der Waals surface area contributed by atoms with Crippen molar-refractivity contribution in [1.29, 1.82) is 0 Å². The molecule has 1 fully saturated rings. The molecule has 0 aliphatic carbocycles. The molecule has 2 N–H and O–H groups in total. The summed E-state index contributed by atoms with van der Waals surface area (Å²) in [5, 5.41) is 5.55. The van der Waals surface area contributed by atoms with Gasteiger partial charge in [-0.15, -0.1) is 11.3 Å². The third-order valence-corrected chi connectivity index (χ3v) is 5.99. The van der Waals surface area contributed by atoms with Crippen molar-refractivity contribution in [3.8, 4) is 0 Å². The second-order valence-corrected chi connectivity index (χ2v) is 7.75. The number of esters is 1. The zero-order valence-electron chi connectivity index (χ0n) is 16.0. The number of hydrogen-bond donors (Lipinski definition) is 2. The number of hydrogen-bond acceptors (Lipinski definition) is 7. The molecule has 0 saturated carbocycles. The van der Waals surface area contributed by atoms with E-state index in [1.165, 1.54) is 11.3 Å². The first-order chi connectivity index (χ1) is 13.5. The molecule has 0 spiro atoms. The Morgan fingerprint density at radius 2 is 2.07 bits per heavy atom. The van der Waals surface area contributed by atoms with E-state index in [2.05, 4.69) is 15.6 Å². The predicted octanol–water partition coefficient (Wildman–Crippen LogP) is 1.09. The number of amides is 2. The summed E-state index contributed by atoms with van der Waals surface area (Å²) in [7, 11) is 1.60. The highest BCUT2D eigenvalue weighted by Crippen LogP contribution is 2.26. The van der Waals surface area contributed by atoms with E-state index in [-0.39, 0.29) is 25.0 Å². The Hall–Kier alpha value is -2.52. The number of thiophene rings is 1. The molecule has 28 heavy (non-hydrogen) atoms. The number of aryl methyl sites for hydroxylation is 1. The second-order valence-electron chi connectivity index (χ2n) is 6.70. The van der Waals surface area contributed by atoms with Crippen molar-refractivity contribution in [3.63, 3.8) is 0 Å². The smallest absolute Gasteiger partial charge is 0.325 e. The SMILES string of the molecule is CN[C@H](CNC(=O)c1cc2nccc(C)c2s1)C(=O)OCC(=O)N1CCCC1. The number of likely N-dealkylation sites (tertiary alicyclic amines) is 1. The third-order valence-electron chi connectivity index (χ3n) is 4.73. The summed E-state index contributed by atoms with van der Waals surface area (Å²) in [5.74, 6) is -1.02. The predicted molar refractivity (Wildman–Crippen MR) is 106 cm³/mol. The molecule has 2 aromatic heterocycles. The molecule has 1 atom stereocenters. The highest BCUT2D eigenvalue weighted by atomic mass is 32.1. The number of pyridine rings is 1. The number of rotatable bonds is 7. The Morgan fingerprint density at radius 3 is 2.75 bits per heavy atom. The summed E-state index contributed by atoms with van der Waals surface area (Å²) < 4.78 is 6.09. The van der Waals surface area contributed by atoms with E-state index >= 15 is 0 Å². The summed E-state index contributed by atoms with van der Waals surface area (Å²) in [4.78, 5) is 43.1. The number of fused-ring (bicyclic) bond motifs is 1. The fourth-order valence-corrected chi connectivity index (χ4v) is 4.05. The van der Waals surface area contributed by atoms with Gasteiger partial charge in [0.2, 0.25) is 0 Å². The Bertz CT molecular complexity index is 876. The van der Waals surface area contributed by atoms with Crippen LogP contribution in [-0.4, -0.2) is 67.0 Å². The fraction of sp³-hybridized carbons (Fsp3) is 0.474. The van der Waals surface area contributed by atoms with Crippen molar-refractivity contribution in [1.82, 2.24) is 20.5 Å². The van der Waals surface area contributed by atoms with Crippen LogP contribution in [0, 0.1) is 6.92 Å². The van der Waals surface area contributed by atoms with Crippen LogP contribution < -0.4 is 10.6 Å². The zero-order valence-corrected chi connectivity index (χ0v) is 16.8. The number of carbonyl (C=O) groups excluding carboxylic acids is 3. The van der Waals surface area contributed by atoms with Gasteiger partial charge in [0, 0.05) is 25.8 Å². The minimum Gasteiger partial charge on any atom is -0.454 e. The van der Waals surface area contributed by atoms with Crippen molar-refractivity contribution in [2.45, 2.75) is 25.8 Å². The number of carbonyl (C=O) groups is 3. The van der Waals surface area contributed by atoms with Crippen LogP contribution in [0.3, 0.4) is 0 Å². The maximum atomic E-state index is 12.4. The van der Waals surface area contributed by atoms with Gasteiger partial charge in [-0.25, -0.2) is 0 Å². The largest absolute Gasteiger partial charge is 0.454 e. The molecule has 0 unspecified atom stereocenters. The standard InChI is InChI=1S/C19H24N4O4S/c1-12-5-6-21-13-9-15(28-17(12)13)18(25)22-10-14(20-2)19(26)27-11-16(24)23-7-3-4-8-23/h5-6,9,14,20H,3-4,7-8,10-11H2,1-2H3,(H,22,25)/t14-/m1/s1. The molecule has 0 bridgehead atoms. The highest BCUT2D eigenvalue weighted by molar-refractivity contribution is 7.21.